The molecule has 0 atom stereocenters. The number of amides is 1. The van der Waals surface area contributed by atoms with Crippen molar-refractivity contribution < 1.29 is 9.53 Å². The number of tetrazole rings is 1. The molecule has 0 spiro atoms. The Hall–Kier alpha value is -2.03. The van der Waals surface area contributed by atoms with Gasteiger partial charge >= 0.3 is 0 Å². The van der Waals surface area contributed by atoms with Crippen molar-refractivity contribution in [1.29, 1.82) is 0 Å². The Balaban J connectivity index is 1.42. The Morgan fingerprint density at radius 3 is 2.88 bits per heavy atom. The van der Waals surface area contributed by atoms with Gasteiger partial charge in [-0.3, -0.25) is 9.69 Å². The Labute approximate surface area is 151 Å². The SMILES string of the molecule is O=C(Cn1nnc(-c2ccccc2Cl)n1)NCCCN1CCOCC1. The van der Waals surface area contributed by atoms with Gasteiger partial charge in [-0.25, -0.2) is 0 Å². The third-order valence-corrected chi connectivity index (χ3v) is 4.26. The molecule has 2 heterocycles. The summed E-state index contributed by atoms with van der Waals surface area (Å²) in [6.07, 6.45) is 0.904. The molecule has 0 unspecified atom stereocenters. The molecular formula is C16H21ClN6O2. The summed E-state index contributed by atoms with van der Waals surface area (Å²) in [5, 5.41) is 15.5. The van der Waals surface area contributed by atoms with Gasteiger partial charge in [0.15, 0.2) is 0 Å². The minimum atomic E-state index is -0.134. The van der Waals surface area contributed by atoms with E-state index in [0.717, 1.165) is 39.3 Å². The number of carbonyl (C=O) groups excluding carboxylic acids is 1. The predicted molar refractivity (Wildman–Crippen MR) is 93.1 cm³/mol. The number of hydrogen-bond donors (Lipinski definition) is 1. The van der Waals surface area contributed by atoms with Crippen LogP contribution in [-0.2, 0) is 16.1 Å². The summed E-state index contributed by atoms with van der Waals surface area (Å²) >= 11 is 6.11. The fraction of sp³-hybridized carbons (Fsp3) is 0.500. The Kier molecular flexibility index (Phi) is 6.32. The first kappa shape index (κ1) is 17.8. The van der Waals surface area contributed by atoms with E-state index in [2.05, 4.69) is 25.6 Å². The van der Waals surface area contributed by atoms with Crippen LogP contribution in [0.5, 0.6) is 0 Å². The quantitative estimate of drug-likeness (QED) is 0.732. The van der Waals surface area contributed by atoms with E-state index in [0.29, 0.717) is 23.0 Å². The highest BCUT2D eigenvalue weighted by atomic mass is 35.5. The molecule has 1 aromatic carbocycles. The van der Waals surface area contributed by atoms with Crippen molar-refractivity contribution in [1.82, 2.24) is 30.4 Å². The second-order valence-corrected chi connectivity index (χ2v) is 6.19. The summed E-state index contributed by atoms with van der Waals surface area (Å²) < 4.78 is 5.31. The van der Waals surface area contributed by atoms with Gasteiger partial charge in [0, 0.05) is 25.2 Å². The zero-order valence-electron chi connectivity index (χ0n) is 13.9. The van der Waals surface area contributed by atoms with Gasteiger partial charge in [-0.2, -0.15) is 4.80 Å². The first-order chi connectivity index (χ1) is 12.2. The number of nitrogens with one attached hydrogen (secondary N) is 1. The van der Waals surface area contributed by atoms with Gasteiger partial charge in [0.2, 0.25) is 11.7 Å². The predicted octanol–water partition coefficient (Wildman–Crippen LogP) is 0.832. The molecule has 1 fully saturated rings. The highest BCUT2D eigenvalue weighted by Gasteiger charge is 2.12. The molecule has 8 nitrogen and oxygen atoms in total. The molecule has 1 N–H and O–H groups in total. The number of ether oxygens (including phenoxy) is 1. The maximum Gasteiger partial charge on any atom is 0.243 e. The standard InChI is InChI=1S/C16H21ClN6O2/c17-14-5-2-1-4-13(14)16-19-21-23(20-16)12-15(24)18-6-3-7-22-8-10-25-11-9-22/h1-2,4-5H,3,6-12H2,(H,18,24). The smallest absolute Gasteiger partial charge is 0.243 e. The average molecular weight is 365 g/mol. The number of rotatable bonds is 7. The maximum absolute atomic E-state index is 12.0. The number of morpholine rings is 1. The first-order valence-electron chi connectivity index (χ1n) is 8.32. The molecule has 1 aromatic heterocycles. The van der Waals surface area contributed by atoms with Gasteiger partial charge in [-0.1, -0.05) is 23.7 Å². The Morgan fingerprint density at radius 1 is 1.28 bits per heavy atom. The zero-order valence-corrected chi connectivity index (χ0v) is 14.7. The van der Waals surface area contributed by atoms with Crippen LogP contribution in [0.1, 0.15) is 6.42 Å². The molecule has 2 aromatic rings. The summed E-state index contributed by atoms with van der Waals surface area (Å²) in [6, 6.07) is 7.26. The molecule has 9 heteroatoms. The fourth-order valence-corrected chi connectivity index (χ4v) is 2.82. The van der Waals surface area contributed by atoms with Crippen molar-refractivity contribution in [2.24, 2.45) is 0 Å². The monoisotopic (exact) mass is 364 g/mol. The summed E-state index contributed by atoms with van der Waals surface area (Å²) in [4.78, 5) is 15.6. The van der Waals surface area contributed by atoms with E-state index in [1.807, 2.05) is 18.2 Å². The van der Waals surface area contributed by atoms with Crippen LogP contribution in [0.15, 0.2) is 24.3 Å². The van der Waals surface area contributed by atoms with Crippen LogP contribution in [0.2, 0.25) is 5.02 Å². The largest absolute Gasteiger partial charge is 0.379 e. The number of benzene rings is 1. The number of hydrogen-bond acceptors (Lipinski definition) is 6. The average Bonchev–Trinajstić information content (AvgIpc) is 3.08. The van der Waals surface area contributed by atoms with Gasteiger partial charge in [0.05, 0.1) is 18.2 Å². The Morgan fingerprint density at radius 2 is 2.08 bits per heavy atom. The van der Waals surface area contributed by atoms with Gasteiger partial charge in [0.1, 0.15) is 6.54 Å². The molecule has 0 saturated carbocycles. The molecule has 1 aliphatic heterocycles. The second-order valence-electron chi connectivity index (χ2n) is 5.78. The highest BCUT2D eigenvalue weighted by molar-refractivity contribution is 6.33. The number of aromatic nitrogens is 4. The lowest BCUT2D eigenvalue weighted by Gasteiger charge is -2.26. The van der Waals surface area contributed by atoms with E-state index in [1.165, 1.54) is 4.80 Å². The normalized spacial score (nSPS) is 15.2. The summed E-state index contributed by atoms with van der Waals surface area (Å²) in [6.45, 7) is 5.12. The molecule has 1 aliphatic rings. The molecule has 0 bridgehead atoms. The zero-order chi connectivity index (χ0) is 17.5. The first-order valence-corrected chi connectivity index (χ1v) is 8.70. The minimum absolute atomic E-state index is 0.0367. The third-order valence-electron chi connectivity index (χ3n) is 3.93. The van der Waals surface area contributed by atoms with Crippen LogP contribution < -0.4 is 5.32 Å². The van der Waals surface area contributed by atoms with Crippen molar-refractivity contribution >= 4 is 17.5 Å². The third kappa shape index (κ3) is 5.22. The van der Waals surface area contributed by atoms with Crippen LogP contribution in [0.3, 0.4) is 0 Å². The van der Waals surface area contributed by atoms with Crippen LogP contribution in [-0.4, -0.2) is 70.4 Å². The molecule has 1 saturated heterocycles. The highest BCUT2D eigenvalue weighted by Crippen LogP contribution is 2.23. The van der Waals surface area contributed by atoms with Crippen LogP contribution in [0, 0.1) is 0 Å². The van der Waals surface area contributed by atoms with Crippen molar-refractivity contribution in [2.45, 2.75) is 13.0 Å². The number of nitrogens with zero attached hydrogens (tertiary/aromatic N) is 5. The molecule has 0 aliphatic carbocycles. The molecule has 1 amide bonds. The van der Waals surface area contributed by atoms with Crippen molar-refractivity contribution in [3.05, 3.63) is 29.3 Å². The molecule has 134 valence electrons. The number of carbonyl (C=O) groups is 1. The van der Waals surface area contributed by atoms with Gasteiger partial charge in [-0.05, 0) is 30.3 Å². The maximum atomic E-state index is 12.0. The van der Waals surface area contributed by atoms with E-state index in [9.17, 15) is 4.79 Å². The summed E-state index contributed by atoms with van der Waals surface area (Å²) in [7, 11) is 0. The molecule has 3 rings (SSSR count). The minimum Gasteiger partial charge on any atom is -0.379 e. The fourth-order valence-electron chi connectivity index (χ4n) is 2.60. The number of halogens is 1. The van der Waals surface area contributed by atoms with E-state index < -0.39 is 0 Å². The lowest BCUT2D eigenvalue weighted by molar-refractivity contribution is -0.122. The van der Waals surface area contributed by atoms with Gasteiger partial charge in [-0.15, -0.1) is 10.2 Å². The van der Waals surface area contributed by atoms with E-state index >= 15 is 0 Å². The van der Waals surface area contributed by atoms with Crippen LogP contribution in [0.4, 0.5) is 0 Å². The lowest BCUT2D eigenvalue weighted by atomic mass is 10.2. The van der Waals surface area contributed by atoms with Crippen molar-refractivity contribution in [3.63, 3.8) is 0 Å². The second kappa shape index (κ2) is 8.89. The van der Waals surface area contributed by atoms with E-state index in [4.69, 9.17) is 16.3 Å². The van der Waals surface area contributed by atoms with Crippen LogP contribution >= 0.6 is 11.6 Å². The van der Waals surface area contributed by atoms with E-state index in [-0.39, 0.29) is 12.5 Å². The molecule has 25 heavy (non-hydrogen) atoms. The van der Waals surface area contributed by atoms with Crippen molar-refractivity contribution in [2.75, 3.05) is 39.4 Å². The van der Waals surface area contributed by atoms with Gasteiger partial charge < -0.3 is 10.1 Å². The van der Waals surface area contributed by atoms with E-state index in [1.54, 1.807) is 6.07 Å². The topological polar surface area (TPSA) is 85.2 Å². The summed E-state index contributed by atoms with van der Waals surface area (Å²) in [5.74, 6) is 0.274. The molecular weight excluding hydrogens is 344 g/mol. The van der Waals surface area contributed by atoms with Crippen molar-refractivity contribution in [3.8, 4) is 11.4 Å². The lowest BCUT2D eigenvalue weighted by Crippen LogP contribution is -2.38. The van der Waals surface area contributed by atoms with Crippen LogP contribution in [0.25, 0.3) is 11.4 Å². The van der Waals surface area contributed by atoms with Gasteiger partial charge in [0.25, 0.3) is 0 Å². The summed E-state index contributed by atoms with van der Waals surface area (Å²) in [5.41, 5.74) is 0.696. The molecule has 0 radical (unpaired) electrons. The Bertz CT molecular complexity index is 701.